The molecule has 1 heterocycles. The molecule has 7 nitrogen and oxygen atoms in total. The number of rotatable bonds is 8. The maximum atomic E-state index is 14.7. The number of benzene rings is 2. The van der Waals surface area contributed by atoms with Crippen LogP contribution in [0.2, 0.25) is 0 Å². The summed E-state index contributed by atoms with van der Waals surface area (Å²) in [5, 5.41) is 6.67. The average molecular weight is 424 g/mol. The number of hydrogen-bond donors (Lipinski definition) is 1. The van der Waals surface area contributed by atoms with Gasteiger partial charge in [0.1, 0.15) is 24.5 Å². The highest BCUT2D eigenvalue weighted by atomic mass is 19.1. The first-order valence-corrected chi connectivity index (χ1v) is 10.0. The van der Waals surface area contributed by atoms with Crippen molar-refractivity contribution in [1.82, 2.24) is 20.1 Å². The van der Waals surface area contributed by atoms with Gasteiger partial charge in [-0.1, -0.05) is 42.5 Å². The van der Waals surface area contributed by atoms with Crippen LogP contribution in [0.5, 0.6) is 0 Å². The maximum absolute atomic E-state index is 14.7. The third-order valence-electron chi connectivity index (χ3n) is 4.76. The van der Waals surface area contributed by atoms with Crippen LogP contribution in [-0.4, -0.2) is 38.8 Å². The summed E-state index contributed by atoms with van der Waals surface area (Å²) in [6.45, 7) is 5.19. The Hall–Kier alpha value is -3.55. The zero-order valence-electron chi connectivity index (χ0n) is 17.7. The van der Waals surface area contributed by atoms with Crippen LogP contribution in [0.25, 0.3) is 11.1 Å². The molecule has 1 amide bonds. The van der Waals surface area contributed by atoms with Crippen LogP contribution in [0, 0.1) is 5.82 Å². The Morgan fingerprint density at radius 3 is 2.48 bits per heavy atom. The second kappa shape index (κ2) is 9.97. The van der Waals surface area contributed by atoms with Gasteiger partial charge in [0.25, 0.3) is 0 Å². The molecular weight excluding hydrogens is 399 g/mol. The minimum absolute atomic E-state index is 0.0747. The summed E-state index contributed by atoms with van der Waals surface area (Å²) in [5.41, 5.74) is 1.72. The summed E-state index contributed by atoms with van der Waals surface area (Å²) in [5.74, 6) is -2.08. The maximum Gasteiger partial charge on any atom is 0.330 e. The summed E-state index contributed by atoms with van der Waals surface area (Å²) in [6.07, 6.45) is 2.45. The van der Waals surface area contributed by atoms with Gasteiger partial charge in [0.2, 0.25) is 5.91 Å². The molecule has 0 saturated carbocycles. The van der Waals surface area contributed by atoms with Crippen molar-refractivity contribution in [3.63, 3.8) is 0 Å². The van der Waals surface area contributed by atoms with E-state index >= 15 is 0 Å². The smallest absolute Gasteiger partial charge is 0.330 e. The third kappa shape index (κ3) is 5.75. The molecule has 0 spiro atoms. The monoisotopic (exact) mass is 424 g/mol. The largest absolute Gasteiger partial charge is 0.461 e. The molecule has 3 rings (SSSR count). The molecule has 0 aliphatic rings. The molecule has 0 unspecified atom stereocenters. The summed E-state index contributed by atoms with van der Waals surface area (Å²) in [4.78, 5) is 29.2. The van der Waals surface area contributed by atoms with Crippen molar-refractivity contribution in [3.8, 4) is 11.1 Å². The first-order chi connectivity index (χ1) is 14.8. The lowest BCUT2D eigenvalue weighted by atomic mass is 9.96. The molecule has 0 bridgehead atoms. The summed E-state index contributed by atoms with van der Waals surface area (Å²) in [7, 11) is 0. The van der Waals surface area contributed by atoms with E-state index in [1.807, 2.05) is 30.3 Å². The number of nitrogens with zero attached hydrogens (tertiary/aromatic N) is 3. The van der Waals surface area contributed by atoms with Gasteiger partial charge < -0.3 is 10.1 Å². The van der Waals surface area contributed by atoms with Gasteiger partial charge in [0, 0.05) is 5.56 Å². The van der Waals surface area contributed by atoms with Crippen LogP contribution >= 0.6 is 0 Å². The van der Waals surface area contributed by atoms with Crippen molar-refractivity contribution in [3.05, 3.63) is 72.6 Å². The van der Waals surface area contributed by atoms with Gasteiger partial charge in [-0.3, -0.25) is 9.48 Å². The molecule has 0 fully saturated rings. The van der Waals surface area contributed by atoms with Crippen LogP contribution in [0.15, 0.2) is 61.2 Å². The van der Waals surface area contributed by atoms with Crippen molar-refractivity contribution < 1.29 is 18.7 Å². The fourth-order valence-corrected chi connectivity index (χ4v) is 3.11. The van der Waals surface area contributed by atoms with Crippen molar-refractivity contribution in [2.24, 2.45) is 0 Å². The zero-order chi connectivity index (χ0) is 22.4. The van der Waals surface area contributed by atoms with Gasteiger partial charge in [-0.05, 0) is 38.0 Å². The van der Waals surface area contributed by atoms with E-state index in [-0.39, 0.29) is 12.6 Å². The molecule has 0 saturated heterocycles. The van der Waals surface area contributed by atoms with E-state index in [0.717, 1.165) is 5.56 Å². The van der Waals surface area contributed by atoms with Crippen LogP contribution in [0.4, 0.5) is 4.39 Å². The van der Waals surface area contributed by atoms with Gasteiger partial charge in [-0.15, -0.1) is 0 Å². The standard InChI is InChI=1S/C23H25FN4O3/c1-15(2)31-23(30)21(12-28-14-25-13-26-28)27-22(29)16(3)18-9-10-19(20(24)11-18)17-7-5-4-6-8-17/h4-11,13-16,21H,12H2,1-3H3,(H,27,29)/t16-,21+/m0/s1. The molecule has 2 atom stereocenters. The summed E-state index contributed by atoms with van der Waals surface area (Å²) < 4.78 is 21.4. The molecule has 162 valence electrons. The lowest BCUT2D eigenvalue weighted by molar-refractivity contribution is -0.152. The Labute approximate surface area is 180 Å². The van der Waals surface area contributed by atoms with E-state index in [1.165, 1.54) is 23.4 Å². The van der Waals surface area contributed by atoms with Crippen molar-refractivity contribution in [2.45, 2.75) is 45.4 Å². The average Bonchev–Trinajstić information content (AvgIpc) is 3.26. The van der Waals surface area contributed by atoms with Gasteiger partial charge in [0.05, 0.1) is 18.6 Å². The van der Waals surface area contributed by atoms with Crippen LogP contribution in [0.1, 0.15) is 32.3 Å². The first kappa shape index (κ1) is 22.1. The first-order valence-electron chi connectivity index (χ1n) is 10.0. The lowest BCUT2D eigenvalue weighted by Crippen LogP contribution is -2.46. The number of aromatic nitrogens is 3. The van der Waals surface area contributed by atoms with Crippen LogP contribution < -0.4 is 5.32 Å². The van der Waals surface area contributed by atoms with Gasteiger partial charge in [-0.2, -0.15) is 5.10 Å². The molecule has 31 heavy (non-hydrogen) atoms. The lowest BCUT2D eigenvalue weighted by Gasteiger charge is -2.21. The van der Waals surface area contributed by atoms with E-state index in [4.69, 9.17) is 4.74 Å². The van der Waals surface area contributed by atoms with E-state index in [0.29, 0.717) is 11.1 Å². The number of halogens is 1. The second-order valence-corrected chi connectivity index (χ2v) is 7.49. The SMILES string of the molecule is CC(C)OC(=O)[C@@H](Cn1cncn1)NC(=O)[C@@H](C)c1ccc(-c2ccccc2)c(F)c1. The molecule has 2 aromatic carbocycles. The van der Waals surface area contributed by atoms with E-state index in [2.05, 4.69) is 15.4 Å². The van der Waals surface area contributed by atoms with Gasteiger partial charge in [-0.25, -0.2) is 14.2 Å². The quantitative estimate of drug-likeness (QED) is 0.561. The fraction of sp³-hybridized carbons (Fsp3) is 0.304. The van der Waals surface area contributed by atoms with Crippen molar-refractivity contribution in [2.75, 3.05) is 0 Å². The number of esters is 1. The highest BCUT2D eigenvalue weighted by Gasteiger charge is 2.27. The minimum Gasteiger partial charge on any atom is -0.461 e. The number of hydrogen-bond acceptors (Lipinski definition) is 5. The van der Waals surface area contributed by atoms with Gasteiger partial charge >= 0.3 is 5.97 Å². The molecule has 3 aromatic rings. The Bertz CT molecular complexity index is 1020. The predicted molar refractivity (Wildman–Crippen MR) is 113 cm³/mol. The summed E-state index contributed by atoms with van der Waals surface area (Å²) >= 11 is 0. The third-order valence-corrected chi connectivity index (χ3v) is 4.76. The number of carbonyl (C=O) groups excluding carboxylic acids is 2. The number of carbonyl (C=O) groups is 2. The fourth-order valence-electron chi connectivity index (χ4n) is 3.11. The van der Waals surface area contributed by atoms with E-state index < -0.39 is 29.7 Å². The molecule has 1 aromatic heterocycles. The Morgan fingerprint density at radius 1 is 1.13 bits per heavy atom. The van der Waals surface area contributed by atoms with Crippen LogP contribution in [0.3, 0.4) is 0 Å². The topological polar surface area (TPSA) is 86.1 Å². The number of nitrogens with one attached hydrogen (secondary N) is 1. The van der Waals surface area contributed by atoms with Gasteiger partial charge in [0.15, 0.2) is 0 Å². The highest BCUT2D eigenvalue weighted by molar-refractivity contribution is 5.88. The Kier molecular flexibility index (Phi) is 7.12. The highest BCUT2D eigenvalue weighted by Crippen LogP contribution is 2.26. The number of amides is 1. The normalized spacial score (nSPS) is 12.9. The minimum atomic E-state index is -0.951. The van der Waals surface area contributed by atoms with E-state index in [1.54, 1.807) is 32.9 Å². The molecule has 0 aliphatic carbocycles. The molecule has 0 radical (unpaired) electrons. The molecular formula is C23H25FN4O3. The summed E-state index contributed by atoms with van der Waals surface area (Å²) in [6, 6.07) is 13.0. The number of ether oxygens (including phenoxy) is 1. The molecule has 8 heteroatoms. The Morgan fingerprint density at radius 2 is 1.87 bits per heavy atom. The Balaban J connectivity index is 1.75. The van der Waals surface area contributed by atoms with Crippen molar-refractivity contribution >= 4 is 11.9 Å². The van der Waals surface area contributed by atoms with Crippen molar-refractivity contribution in [1.29, 1.82) is 0 Å². The molecule has 0 aliphatic heterocycles. The van der Waals surface area contributed by atoms with Crippen LogP contribution in [-0.2, 0) is 20.9 Å². The second-order valence-electron chi connectivity index (χ2n) is 7.49. The zero-order valence-corrected chi connectivity index (χ0v) is 17.7. The van der Waals surface area contributed by atoms with E-state index in [9.17, 15) is 14.0 Å². The molecule has 1 N–H and O–H groups in total. The predicted octanol–water partition coefficient (Wildman–Crippen LogP) is 3.32.